The van der Waals surface area contributed by atoms with Crippen LogP contribution in [0.15, 0.2) is 58.6 Å². The van der Waals surface area contributed by atoms with Crippen molar-refractivity contribution in [3.8, 4) is 0 Å². The third-order valence-electron chi connectivity index (χ3n) is 2.34. The van der Waals surface area contributed by atoms with Gasteiger partial charge in [-0.25, -0.2) is 8.42 Å². The van der Waals surface area contributed by atoms with E-state index in [0.717, 1.165) is 5.69 Å². The van der Waals surface area contributed by atoms with Gasteiger partial charge in [0.1, 0.15) is 10.1 Å². The van der Waals surface area contributed by atoms with Crippen molar-refractivity contribution in [2.24, 2.45) is 5.10 Å². The fourth-order valence-corrected chi connectivity index (χ4v) is 2.17. The average molecular weight is 286 g/mol. The van der Waals surface area contributed by atoms with Crippen LogP contribution in [0.3, 0.4) is 0 Å². The second kappa shape index (κ2) is 7.02. The molecule has 2 rings (SSSR count). The molecule has 5 nitrogen and oxygen atoms in total. The van der Waals surface area contributed by atoms with Crippen LogP contribution in [0.4, 0.5) is 5.69 Å². The molecule has 19 heavy (non-hydrogen) atoms. The van der Waals surface area contributed by atoms with E-state index in [-0.39, 0.29) is 40.2 Å². The number of para-hydroxylation sites is 1. The van der Waals surface area contributed by atoms with E-state index in [1.807, 2.05) is 18.2 Å². The fourth-order valence-electron chi connectivity index (χ4n) is 1.50. The molecule has 0 spiro atoms. The number of benzene rings is 1. The van der Waals surface area contributed by atoms with Crippen LogP contribution in [-0.4, -0.2) is 18.7 Å². The topological polar surface area (TPSA) is 81.6 Å². The molecular weight excluding hydrogens is 275 g/mol. The average Bonchev–Trinajstić information content (AvgIpc) is 2.37. The van der Waals surface area contributed by atoms with Crippen molar-refractivity contribution in [1.82, 2.24) is 0 Å². The smallest absolute Gasteiger partial charge is 0.744 e. The summed E-state index contributed by atoms with van der Waals surface area (Å²) in [6.07, 6.45) is 4.84. The Morgan fingerprint density at radius 1 is 1.21 bits per heavy atom. The van der Waals surface area contributed by atoms with E-state index >= 15 is 0 Å². The first-order chi connectivity index (χ1) is 8.57. The molecule has 0 radical (unpaired) electrons. The zero-order valence-electron chi connectivity index (χ0n) is 10.4. The van der Waals surface area contributed by atoms with Crippen LogP contribution >= 0.6 is 0 Å². The molecule has 0 saturated carbocycles. The Bertz CT molecular complexity index is 622. The summed E-state index contributed by atoms with van der Waals surface area (Å²) in [6.45, 7) is 0. The van der Waals surface area contributed by atoms with Gasteiger partial charge < -0.3 is 4.55 Å². The van der Waals surface area contributed by atoms with Crippen molar-refractivity contribution >= 4 is 21.5 Å². The minimum atomic E-state index is -4.49. The van der Waals surface area contributed by atoms with Gasteiger partial charge in [-0.2, -0.15) is 5.10 Å². The van der Waals surface area contributed by atoms with E-state index in [0.29, 0.717) is 6.42 Å². The first kappa shape index (κ1) is 16.1. The minimum Gasteiger partial charge on any atom is -0.744 e. The predicted molar refractivity (Wildman–Crippen MR) is 69.0 cm³/mol. The molecule has 0 aromatic heterocycles. The third-order valence-corrected chi connectivity index (χ3v) is 3.25. The summed E-state index contributed by atoms with van der Waals surface area (Å²) in [7, 11) is -4.49. The van der Waals surface area contributed by atoms with E-state index in [9.17, 15) is 13.0 Å². The van der Waals surface area contributed by atoms with Crippen molar-refractivity contribution in [3.63, 3.8) is 0 Å². The summed E-state index contributed by atoms with van der Waals surface area (Å²) in [5, 5.41) is 3.97. The summed E-state index contributed by atoms with van der Waals surface area (Å²) in [5.74, 6) is 0. The monoisotopic (exact) mass is 286 g/mol. The molecule has 0 saturated heterocycles. The molecule has 0 bridgehead atoms. The molecule has 94 valence electrons. The van der Waals surface area contributed by atoms with Gasteiger partial charge in [0.2, 0.25) is 0 Å². The molecule has 1 aromatic rings. The number of hydrazone groups is 1. The Labute approximate surface area is 134 Å². The maximum Gasteiger partial charge on any atom is 1.00 e. The molecule has 1 aliphatic rings. The quantitative estimate of drug-likeness (QED) is 0.432. The normalized spacial score (nSPS) is 16.7. The number of allylic oxidation sites excluding steroid dienone is 4. The van der Waals surface area contributed by atoms with Crippen LogP contribution in [0.2, 0.25) is 0 Å². The molecule has 0 fully saturated rings. The molecular formula is C12H11N2NaO3S. The van der Waals surface area contributed by atoms with Crippen LogP contribution in [0.25, 0.3) is 0 Å². The molecule has 0 aliphatic heterocycles. The molecule has 0 heterocycles. The fraction of sp³-hybridized carbons (Fsp3) is 0.0833. The summed E-state index contributed by atoms with van der Waals surface area (Å²) in [5.41, 5.74) is 3.67. The Balaban J connectivity index is 0.00000180. The number of nitrogens with one attached hydrogen (secondary N) is 1. The minimum absolute atomic E-state index is 0. The summed E-state index contributed by atoms with van der Waals surface area (Å²) in [4.78, 5) is -0.284. The van der Waals surface area contributed by atoms with Crippen LogP contribution in [-0.2, 0) is 10.1 Å². The maximum absolute atomic E-state index is 11.0. The van der Waals surface area contributed by atoms with Gasteiger partial charge in [-0.15, -0.1) is 0 Å². The summed E-state index contributed by atoms with van der Waals surface area (Å²) in [6, 6.07) is 9.08. The second-order valence-corrected chi connectivity index (χ2v) is 5.00. The van der Waals surface area contributed by atoms with E-state index in [4.69, 9.17) is 0 Å². The van der Waals surface area contributed by atoms with Crippen molar-refractivity contribution in [3.05, 3.63) is 53.5 Å². The Morgan fingerprint density at radius 3 is 2.53 bits per heavy atom. The van der Waals surface area contributed by atoms with E-state index in [2.05, 4.69) is 10.5 Å². The first-order valence-corrected chi connectivity index (χ1v) is 6.69. The molecule has 1 N–H and O–H groups in total. The van der Waals surface area contributed by atoms with Gasteiger partial charge in [0.25, 0.3) is 0 Å². The number of hydrogen-bond donors (Lipinski definition) is 1. The molecule has 1 aliphatic carbocycles. The number of nitrogens with zero attached hydrogens (tertiary/aromatic N) is 1. The van der Waals surface area contributed by atoms with Gasteiger partial charge in [-0.1, -0.05) is 30.4 Å². The van der Waals surface area contributed by atoms with E-state index in [1.54, 1.807) is 18.2 Å². The number of rotatable bonds is 3. The molecule has 0 unspecified atom stereocenters. The van der Waals surface area contributed by atoms with E-state index < -0.39 is 10.1 Å². The van der Waals surface area contributed by atoms with Gasteiger partial charge in [0.05, 0.1) is 16.3 Å². The van der Waals surface area contributed by atoms with Gasteiger partial charge >= 0.3 is 29.6 Å². The van der Waals surface area contributed by atoms with Crippen LogP contribution in [0, 0.1) is 0 Å². The summed E-state index contributed by atoms with van der Waals surface area (Å²) < 4.78 is 33.1. The van der Waals surface area contributed by atoms with Gasteiger partial charge in [0, 0.05) is 6.42 Å². The van der Waals surface area contributed by atoms with E-state index in [1.165, 1.54) is 12.2 Å². The number of hydrogen-bond acceptors (Lipinski definition) is 5. The molecule has 0 atom stereocenters. The van der Waals surface area contributed by atoms with Crippen LogP contribution < -0.4 is 35.0 Å². The van der Waals surface area contributed by atoms with Crippen LogP contribution in [0.1, 0.15) is 6.42 Å². The standard InChI is InChI=1S/C12H12N2O3S.Na/c15-18(16,17)12-9-5-4-8-11(12)14-13-10-6-2-1-3-7-10;/h1-7,9,13H,8H2,(H,15,16,17);/q;+1/p-1. The number of anilines is 1. The summed E-state index contributed by atoms with van der Waals surface area (Å²) >= 11 is 0. The zero-order chi connectivity index (χ0) is 13.0. The van der Waals surface area contributed by atoms with Crippen molar-refractivity contribution < 1.29 is 42.5 Å². The largest absolute Gasteiger partial charge is 1.00 e. The van der Waals surface area contributed by atoms with Crippen LogP contribution in [0.5, 0.6) is 0 Å². The molecule has 1 aromatic carbocycles. The zero-order valence-corrected chi connectivity index (χ0v) is 13.2. The van der Waals surface area contributed by atoms with Crippen molar-refractivity contribution in [1.29, 1.82) is 0 Å². The van der Waals surface area contributed by atoms with Gasteiger partial charge in [-0.05, 0) is 18.2 Å². The Kier molecular flexibility index (Phi) is 5.96. The Hall–Kier alpha value is -0.920. The Morgan fingerprint density at radius 2 is 1.89 bits per heavy atom. The SMILES string of the molecule is O=S(=O)([O-])C1=CC=CCC1=NNc1ccccc1.[Na+]. The van der Waals surface area contributed by atoms with Gasteiger partial charge in [-0.3, -0.25) is 5.43 Å². The first-order valence-electron chi connectivity index (χ1n) is 5.28. The molecule has 7 heteroatoms. The van der Waals surface area contributed by atoms with Crippen molar-refractivity contribution in [2.45, 2.75) is 6.42 Å². The van der Waals surface area contributed by atoms with Gasteiger partial charge in [0.15, 0.2) is 0 Å². The van der Waals surface area contributed by atoms with Crippen molar-refractivity contribution in [2.75, 3.05) is 5.43 Å². The third kappa shape index (κ3) is 4.59. The predicted octanol–water partition coefficient (Wildman–Crippen LogP) is -1.15. The molecule has 0 amide bonds. The maximum atomic E-state index is 11.0. The second-order valence-electron chi connectivity index (χ2n) is 3.65.